The lowest BCUT2D eigenvalue weighted by molar-refractivity contribution is -0.136. The van der Waals surface area contributed by atoms with E-state index in [2.05, 4.69) is 11.7 Å². The summed E-state index contributed by atoms with van der Waals surface area (Å²) in [5.74, 6) is -1.32. The fraction of sp³-hybridized carbons (Fsp3) is 0.375. The summed E-state index contributed by atoms with van der Waals surface area (Å²) in [5.41, 5.74) is 3.06. The molecule has 1 aromatic carbocycles. The van der Waals surface area contributed by atoms with Gasteiger partial charge in [0.2, 0.25) is 0 Å². The van der Waals surface area contributed by atoms with Crippen molar-refractivity contribution >= 4 is 29.9 Å². The van der Waals surface area contributed by atoms with Crippen LogP contribution in [0.4, 0.5) is 5.69 Å². The normalized spacial score (nSPS) is 10.3. The zero-order valence-electron chi connectivity index (χ0n) is 12.7. The monoisotopic (exact) mass is 289 g/mol. The Balaban J connectivity index is 3.77. The minimum Gasteiger partial charge on any atom is -0.481 e. The molecule has 0 aromatic heterocycles. The van der Waals surface area contributed by atoms with Gasteiger partial charge >= 0.3 is 5.97 Å². The SMILES string of the molecule is C=Nc1c(CCC(=O)O)c(C(C)=O)c(C)c(C)c1C(C)=O. The highest BCUT2D eigenvalue weighted by atomic mass is 16.4. The molecule has 0 atom stereocenters. The highest BCUT2D eigenvalue weighted by molar-refractivity contribution is 6.06. The van der Waals surface area contributed by atoms with Gasteiger partial charge in [-0.25, -0.2) is 0 Å². The molecule has 0 bridgehead atoms. The Morgan fingerprint density at radius 3 is 1.90 bits per heavy atom. The molecule has 0 saturated heterocycles. The summed E-state index contributed by atoms with van der Waals surface area (Å²) in [5, 5.41) is 8.87. The maximum Gasteiger partial charge on any atom is 0.303 e. The Labute approximate surface area is 123 Å². The number of nitrogens with zero attached hydrogens (tertiary/aromatic N) is 1. The molecule has 0 aliphatic carbocycles. The molecule has 0 aliphatic rings. The van der Waals surface area contributed by atoms with Crippen LogP contribution in [0.3, 0.4) is 0 Å². The Kier molecular flexibility index (Phi) is 5.13. The van der Waals surface area contributed by atoms with E-state index in [-0.39, 0.29) is 24.4 Å². The number of Topliss-reactive ketones (excluding diaryl/α,β-unsaturated/α-hetero) is 2. The van der Waals surface area contributed by atoms with Gasteiger partial charge in [-0.1, -0.05) is 0 Å². The first-order valence-electron chi connectivity index (χ1n) is 6.58. The molecule has 0 radical (unpaired) electrons. The highest BCUT2D eigenvalue weighted by Crippen LogP contribution is 2.35. The van der Waals surface area contributed by atoms with Crippen molar-refractivity contribution in [3.63, 3.8) is 0 Å². The second-order valence-corrected chi connectivity index (χ2v) is 4.99. The third-order valence-corrected chi connectivity index (χ3v) is 3.59. The Hall–Kier alpha value is -2.30. The first-order chi connectivity index (χ1) is 9.72. The van der Waals surface area contributed by atoms with E-state index in [0.717, 1.165) is 0 Å². The van der Waals surface area contributed by atoms with Gasteiger partial charge < -0.3 is 5.11 Å². The second-order valence-electron chi connectivity index (χ2n) is 4.99. The van der Waals surface area contributed by atoms with Gasteiger partial charge in [0.25, 0.3) is 0 Å². The van der Waals surface area contributed by atoms with E-state index < -0.39 is 5.97 Å². The van der Waals surface area contributed by atoms with Crippen molar-refractivity contribution in [2.24, 2.45) is 4.99 Å². The van der Waals surface area contributed by atoms with Crippen LogP contribution < -0.4 is 0 Å². The van der Waals surface area contributed by atoms with Crippen molar-refractivity contribution < 1.29 is 19.5 Å². The maximum atomic E-state index is 11.9. The van der Waals surface area contributed by atoms with Crippen LogP contribution in [0, 0.1) is 13.8 Å². The summed E-state index contributed by atoms with van der Waals surface area (Å²) in [6.07, 6.45) is 0.00262. The average Bonchev–Trinajstić information content (AvgIpc) is 2.37. The average molecular weight is 289 g/mol. The number of hydrogen-bond acceptors (Lipinski definition) is 4. The lowest BCUT2D eigenvalue weighted by Gasteiger charge is -2.19. The van der Waals surface area contributed by atoms with Gasteiger partial charge in [-0.05, 0) is 57.5 Å². The zero-order valence-corrected chi connectivity index (χ0v) is 12.7. The first-order valence-corrected chi connectivity index (χ1v) is 6.58. The second kappa shape index (κ2) is 6.43. The predicted molar refractivity (Wildman–Crippen MR) is 81.1 cm³/mol. The Morgan fingerprint density at radius 2 is 1.52 bits per heavy atom. The van der Waals surface area contributed by atoms with Gasteiger partial charge in [0.15, 0.2) is 11.6 Å². The number of ketones is 2. The van der Waals surface area contributed by atoms with E-state index in [1.54, 1.807) is 13.8 Å². The van der Waals surface area contributed by atoms with Gasteiger partial charge in [0.05, 0.1) is 5.69 Å². The summed E-state index contributed by atoms with van der Waals surface area (Å²) in [6, 6.07) is 0. The quantitative estimate of drug-likeness (QED) is 0.644. The summed E-state index contributed by atoms with van der Waals surface area (Å²) in [6.45, 7) is 9.83. The number of benzene rings is 1. The lowest BCUT2D eigenvalue weighted by Crippen LogP contribution is -2.12. The van der Waals surface area contributed by atoms with Crippen LogP contribution >= 0.6 is 0 Å². The molecule has 1 N–H and O–H groups in total. The van der Waals surface area contributed by atoms with Gasteiger partial charge in [0.1, 0.15) is 0 Å². The van der Waals surface area contributed by atoms with E-state index >= 15 is 0 Å². The minimum absolute atomic E-state index is 0.136. The van der Waals surface area contributed by atoms with E-state index in [1.807, 2.05) is 0 Å². The standard InChI is InChI=1S/C16H19NO4/c1-8-9(2)15(11(4)19)16(17-5)12(6-7-13(20)21)14(8)10(3)18/h5-7H2,1-4H3,(H,20,21). The fourth-order valence-corrected chi connectivity index (χ4v) is 2.61. The van der Waals surface area contributed by atoms with Gasteiger partial charge in [0, 0.05) is 17.5 Å². The van der Waals surface area contributed by atoms with E-state index in [0.29, 0.717) is 33.5 Å². The predicted octanol–water partition coefficient (Wildman–Crippen LogP) is 3.06. The third kappa shape index (κ3) is 3.24. The molecule has 0 amide bonds. The number of aliphatic carboxylic acids is 1. The van der Waals surface area contributed by atoms with Gasteiger partial charge in [-0.3, -0.25) is 19.4 Å². The van der Waals surface area contributed by atoms with E-state index in [1.165, 1.54) is 13.8 Å². The van der Waals surface area contributed by atoms with Crippen LogP contribution in [0.1, 0.15) is 57.7 Å². The Morgan fingerprint density at radius 1 is 1.05 bits per heavy atom. The molecule has 112 valence electrons. The smallest absolute Gasteiger partial charge is 0.303 e. The topological polar surface area (TPSA) is 83.8 Å². The largest absolute Gasteiger partial charge is 0.481 e. The summed E-state index contributed by atoms with van der Waals surface area (Å²) >= 11 is 0. The van der Waals surface area contributed by atoms with Gasteiger partial charge in [-0.15, -0.1) is 0 Å². The van der Waals surface area contributed by atoms with Crippen LogP contribution in [0.5, 0.6) is 0 Å². The number of carboxylic acids is 1. The number of rotatable bonds is 6. The molecule has 0 aliphatic heterocycles. The minimum atomic E-state index is -0.970. The van der Waals surface area contributed by atoms with Crippen molar-refractivity contribution in [2.75, 3.05) is 0 Å². The number of hydrogen-bond donors (Lipinski definition) is 1. The molecule has 1 rings (SSSR count). The third-order valence-electron chi connectivity index (χ3n) is 3.59. The number of carboxylic acid groups (broad SMARTS) is 1. The lowest BCUT2D eigenvalue weighted by atomic mass is 9.86. The first kappa shape index (κ1) is 16.8. The number of aliphatic imine (C=N–C) groups is 1. The molecule has 1 aromatic rings. The summed E-state index contributed by atoms with van der Waals surface area (Å²) in [4.78, 5) is 38.5. The molecular formula is C16H19NO4. The summed E-state index contributed by atoms with van der Waals surface area (Å²) in [7, 11) is 0. The van der Waals surface area contributed by atoms with Crippen molar-refractivity contribution in [1.29, 1.82) is 0 Å². The molecule has 0 heterocycles. The maximum absolute atomic E-state index is 11.9. The van der Waals surface area contributed by atoms with E-state index in [4.69, 9.17) is 5.11 Å². The molecule has 0 fully saturated rings. The molecule has 0 unspecified atom stereocenters. The number of carbonyl (C=O) groups is 3. The van der Waals surface area contributed by atoms with Gasteiger partial charge in [-0.2, -0.15) is 0 Å². The van der Waals surface area contributed by atoms with Crippen LogP contribution in [-0.2, 0) is 11.2 Å². The van der Waals surface area contributed by atoms with Crippen LogP contribution in [-0.4, -0.2) is 29.4 Å². The molecule has 5 heteroatoms. The van der Waals surface area contributed by atoms with Crippen LogP contribution in [0.25, 0.3) is 0 Å². The Bertz CT molecular complexity index is 644. The number of carbonyl (C=O) groups excluding carboxylic acids is 2. The molecule has 21 heavy (non-hydrogen) atoms. The van der Waals surface area contributed by atoms with Crippen LogP contribution in [0.2, 0.25) is 0 Å². The molecular weight excluding hydrogens is 270 g/mol. The molecule has 5 nitrogen and oxygen atoms in total. The van der Waals surface area contributed by atoms with E-state index in [9.17, 15) is 14.4 Å². The highest BCUT2D eigenvalue weighted by Gasteiger charge is 2.23. The van der Waals surface area contributed by atoms with Crippen molar-refractivity contribution in [3.05, 3.63) is 27.8 Å². The molecule has 0 saturated carbocycles. The zero-order chi connectivity index (χ0) is 16.3. The fourth-order valence-electron chi connectivity index (χ4n) is 2.61. The van der Waals surface area contributed by atoms with Crippen molar-refractivity contribution in [2.45, 2.75) is 40.5 Å². The van der Waals surface area contributed by atoms with Crippen molar-refractivity contribution in [1.82, 2.24) is 0 Å². The van der Waals surface area contributed by atoms with Crippen molar-refractivity contribution in [3.8, 4) is 0 Å². The molecule has 0 spiro atoms. The van der Waals surface area contributed by atoms with Crippen LogP contribution in [0.15, 0.2) is 4.99 Å². The summed E-state index contributed by atoms with van der Waals surface area (Å²) < 4.78 is 0.